The lowest BCUT2D eigenvalue weighted by Crippen LogP contribution is -2.40. The number of piperidine rings is 1. The van der Waals surface area contributed by atoms with Gasteiger partial charge in [0, 0.05) is 12.1 Å². The molecule has 1 heterocycles. The van der Waals surface area contributed by atoms with Gasteiger partial charge in [-0.05, 0) is 58.7 Å². The van der Waals surface area contributed by atoms with Crippen LogP contribution in [0.5, 0.6) is 0 Å². The zero-order valence-corrected chi connectivity index (χ0v) is 8.92. The maximum Gasteiger partial charge on any atom is 0.00683 e. The van der Waals surface area contributed by atoms with Gasteiger partial charge in [-0.15, -0.1) is 0 Å². The minimum absolute atomic E-state index is 0.791. The Labute approximate surface area is 81.7 Å². The normalized spacial score (nSPS) is 36.5. The predicted molar refractivity (Wildman–Crippen MR) is 55.8 cm³/mol. The summed E-state index contributed by atoms with van der Waals surface area (Å²) >= 11 is 0. The third kappa shape index (κ3) is 2.68. The van der Waals surface area contributed by atoms with E-state index in [1.54, 1.807) is 0 Å². The van der Waals surface area contributed by atoms with Gasteiger partial charge < -0.3 is 10.2 Å². The lowest BCUT2D eigenvalue weighted by Gasteiger charge is -2.35. The molecule has 0 aromatic carbocycles. The molecule has 0 spiro atoms. The van der Waals surface area contributed by atoms with Crippen molar-refractivity contribution in [3.8, 4) is 0 Å². The molecule has 2 heteroatoms. The number of hydrogen-bond acceptors (Lipinski definition) is 2. The van der Waals surface area contributed by atoms with Gasteiger partial charge in [-0.2, -0.15) is 0 Å². The van der Waals surface area contributed by atoms with E-state index in [2.05, 4.69) is 24.2 Å². The first kappa shape index (κ1) is 9.47. The summed E-state index contributed by atoms with van der Waals surface area (Å²) < 4.78 is 0. The largest absolute Gasteiger partial charge is 0.314 e. The first-order valence-corrected chi connectivity index (χ1v) is 5.69. The Bertz CT molecular complexity index is 165. The van der Waals surface area contributed by atoms with Crippen LogP contribution in [-0.2, 0) is 0 Å². The lowest BCUT2D eigenvalue weighted by atomic mass is 9.92. The second-order valence-electron chi connectivity index (χ2n) is 4.90. The van der Waals surface area contributed by atoms with Gasteiger partial charge in [0.15, 0.2) is 0 Å². The molecule has 1 N–H and O–H groups in total. The van der Waals surface area contributed by atoms with E-state index in [9.17, 15) is 0 Å². The van der Waals surface area contributed by atoms with Crippen molar-refractivity contribution in [1.82, 2.24) is 10.2 Å². The highest BCUT2D eigenvalue weighted by atomic mass is 15.1. The molecule has 76 valence electrons. The van der Waals surface area contributed by atoms with Gasteiger partial charge in [-0.25, -0.2) is 0 Å². The van der Waals surface area contributed by atoms with Crippen molar-refractivity contribution in [2.45, 2.75) is 44.7 Å². The van der Waals surface area contributed by atoms with Crippen LogP contribution in [0.4, 0.5) is 0 Å². The molecule has 2 nitrogen and oxygen atoms in total. The zero-order valence-electron chi connectivity index (χ0n) is 8.92. The fourth-order valence-electron chi connectivity index (χ4n) is 2.19. The van der Waals surface area contributed by atoms with E-state index in [-0.39, 0.29) is 0 Å². The van der Waals surface area contributed by atoms with Gasteiger partial charge in [0.1, 0.15) is 0 Å². The molecule has 0 amide bonds. The van der Waals surface area contributed by atoms with E-state index in [1.165, 1.54) is 38.8 Å². The summed E-state index contributed by atoms with van der Waals surface area (Å²) in [5.74, 6) is 0.937. The van der Waals surface area contributed by atoms with E-state index in [0.717, 1.165) is 18.0 Å². The third-order valence-electron chi connectivity index (χ3n) is 3.59. The van der Waals surface area contributed by atoms with Crippen LogP contribution in [0.1, 0.15) is 32.6 Å². The van der Waals surface area contributed by atoms with Crippen LogP contribution in [0.2, 0.25) is 0 Å². The summed E-state index contributed by atoms with van der Waals surface area (Å²) in [5.41, 5.74) is 0. The lowest BCUT2D eigenvalue weighted by molar-refractivity contribution is 0.152. The molecule has 2 rings (SSSR count). The quantitative estimate of drug-likeness (QED) is 0.711. The summed E-state index contributed by atoms with van der Waals surface area (Å²) in [6.07, 6.45) is 5.61. The summed E-state index contributed by atoms with van der Waals surface area (Å²) in [6, 6.07) is 1.68. The minimum Gasteiger partial charge on any atom is -0.314 e. The van der Waals surface area contributed by atoms with Crippen molar-refractivity contribution in [3.63, 3.8) is 0 Å². The molecule has 0 bridgehead atoms. The van der Waals surface area contributed by atoms with Gasteiger partial charge in [0.25, 0.3) is 0 Å². The van der Waals surface area contributed by atoms with Crippen molar-refractivity contribution in [1.29, 1.82) is 0 Å². The number of hydrogen-bond donors (Lipinski definition) is 1. The molecule has 13 heavy (non-hydrogen) atoms. The Balaban J connectivity index is 1.68. The second kappa shape index (κ2) is 3.97. The van der Waals surface area contributed by atoms with Crippen LogP contribution < -0.4 is 5.32 Å². The Morgan fingerprint density at radius 3 is 2.69 bits per heavy atom. The van der Waals surface area contributed by atoms with Crippen LogP contribution in [-0.4, -0.2) is 37.1 Å². The number of nitrogens with zero attached hydrogens (tertiary/aromatic N) is 1. The maximum atomic E-state index is 3.64. The summed E-state index contributed by atoms with van der Waals surface area (Å²) in [6.45, 7) is 4.91. The predicted octanol–water partition coefficient (Wildman–Crippen LogP) is 1.47. The molecular weight excluding hydrogens is 160 g/mol. The Hall–Kier alpha value is -0.0800. The van der Waals surface area contributed by atoms with Crippen molar-refractivity contribution in [2.24, 2.45) is 5.92 Å². The van der Waals surface area contributed by atoms with Crippen molar-refractivity contribution < 1.29 is 0 Å². The average Bonchev–Trinajstić information content (AvgIpc) is 2.91. The third-order valence-corrected chi connectivity index (χ3v) is 3.59. The summed E-state index contributed by atoms with van der Waals surface area (Å²) in [4.78, 5) is 2.48. The highest BCUT2D eigenvalue weighted by molar-refractivity contribution is 4.84. The van der Waals surface area contributed by atoms with E-state index in [0.29, 0.717) is 0 Å². The maximum absolute atomic E-state index is 3.64. The van der Waals surface area contributed by atoms with Gasteiger partial charge in [0.05, 0.1) is 0 Å². The Morgan fingerprint density at radius 1 is 1.31 bits per heavy atom. The van der Waals surface area contributed by atoms with Gasteiger partial charge in [-0.3, -0.25) is 0 Å². The first-order valence-electron chi connectivity index (χ1n) is 5.69. The fraction of sp³-hybridized carbons (Fsp3) is 1.00. The SMILES string of the molecule is CC1CC(CNC2CC2)CCN1C. The van der Waals surface area contributed by atoms with Crippen LogP contribution in [0.3, 0.4) is 0 Å². The van der Waals surface area contributed by atoms with Crippen LogP contribution in [0.25, 0.3) is 0 Å². The molecule has 0 aromatic rings. The average molecular weight is 182 g/mol. The van der Waals surface area contributed by atoms with E-state index >= 15 is 0 Å². The summed E-state index contributed by atoms with van der Waals surface area (Å²) in [5, 5.41) is 3.64. The smallest absolute Gasteiger partial charge is 0.00683 e. The fourth-order valence-corrected chi connectivity index (χ4v) is 2.19. The molecule has 2 unspecified atom stereocenters. The second-order valence-corrected chi connectivity index (χ2v) is 4.90. The van der Waals surface area contributed by atoms with Gasteiger partial charge in [-0.1, -0.05) is 0 Å². The van der Waals surface area contributed by atoms with E-state index in [4.69, 9.17) is 0 Å². The van der Waals surface area contributed by atoms with Gasteiger partial charge >= 0.3 is 0 Å². The number of nitrogens with one attached hydrogen (secondary N) is 1. The minimum atomic E-state index is 0.791. The zero-order chi connectivity index (χ0) is 9.26. The molecular formula is C11H22N2. The molecule has 1 aliphatic heterocycles. The van der Waals surface area contributed by atoms with Crippen molar-refractivity contribution in [2.75, 3.05) is 20.1 Å². The highest BCUT2D eigenvalue weighted by Crippen LogP contribution is 2.23. The molecule has 2 fully saturated rings. The van der Waals surface area contributed by atoms with Crippen LogP contribution >= 0.6 is 0 Å². The van der Waals surface area contributed by atoms with Crippen LogP contribution in [0, 0.1) is 5.92 Å². The summed E-state index contributed by atoms with van der Waals surface area (Å²) in [7, 11) is 2.25. The van der Waals surface area contributed by atoms with Crippen molar-refractivity contribution in [3.05, 3.63) is 0 Å². The topological polar surface area (TPSA) is 15.3 Å². The Morgan fingerprint density at radius 2 is 2.08 bits per heavy atom. The molecule has 1 saturated heterocycles. The molecule has 0 radical (unpaired) electrons. The number of likely N-dealkylation sites (tertiary alicyclic amines) is 1. The monoisotopic (exact) mass is 182 g/mol. The van der Waals surface area contributed by atoms with Crippen molar-refractivity contribution >= 4 is 0 Å². The number of rotatable bonds is 3. The van der Waals surface area contributed by atoms with E-state index in [1.807, 2.05) is 0 Å². The first-order chi connectivity index (χ1) is 6.25. The molecule has 2 aliphatic rings. The van der Waals surface area contributed by atoms with Crippen LogP contribution in [0.15, 0.2) is 0 Å². The van der Waals surface area contributed by atoms with E-state index < -0.39 is 0 Å². The standard InChI is InChI=1S/C11H22N2/c1-9-7-10(5-6-13(9)2)8-12-11-3-4-11/h9-12H,3-8H2,1-2H3. The van der Waals surface area contributed by atoms with Gasteiger partial charge in [0.2, 0.25) is 0 Å². The molecule has 1 saturated carbocycles. The molecule has 1 aliphatic carbocycles. The molecule has 0 aromatic heterocycles. The highest BCUT2D eigenvalue weighted by Gasteiger charge is 2.25. The molecule has 2 atom stereocenters. The Kier molecular flexibility index (Phi) is 2.89.